The summed E-state index contributed by atoms with van der Waals surface area (Å²) in [5.74, 6) is 0.418. The van der Waals surface area contributed by atoms with Gasteiger partial charge in [-0.15, -0.1) is 0 Å². The van der Waals surface area contributed by atoms with Crippen LogP contribution in [0.25, 0.3) is 0 Å². The van der Waals surface area contributed by atoms with E-state index in [1.54, 1.807) is 0 Å². The van der Waals surface area contributed by atoms with E-state index in [1.165, 1.54) is 0 Å². The van der Waals surface area contributed by atoms with Crippen LogP contribution in [0.4, 0.5) is 0 Å². The molecule has 0 aromatic carbocycles. The number of carbonyl (C=O) groups is 1. The predicted molar refractivity (Wildman–Crippen MR) is 55.5 cm³/mol. The van der Waals surface area contributed by atoms with Crippen molar-refractivity contribution in [3.63, 3.8) is 0 Å². The largest absolute Gasteiger partial charge is 0.393 e. The van der Waals surface area contributed by atoms with Gasteiger partial charge in [0.1, 0.15) is 0 Å². The highest BCUT2D eigenvalue weighted by molar-refractivity contribution is 5.80. The van der Waals surface area contributed by atoms with E-state index in [0.717, 1.165) is 12.8 Å². The van der Waals surface area contributed by atoms with Crippen molar-refractivity contribution in [1.29, 1.82) is 0 Å². The summed E-state index contributed by atoms with van der Waals surface area (Å²) >= 11 is 0. The average molecular weight is 199 g/mol. The van der Waals surface area contributed by atoms with E-state index in [0.29, 0.717) is 18.3 Å². The molecule has 1 saturated carbocycles. The fourth-order valence-corrected chi connectivity index (χ4v) is 2.81. The van der Waals surface area contributed by atoms with Crippen LogP contribution in [0.2, 0.25) is 0 Å². The summed E-state index contributed by atoms with van der Waals surface area (Å²) in [5.41, 5.74) is 4.85. The van der Waals surface area contributed by atoms with E-state index < -0.39 is 5.41 Å². The molecule has 3 nitrogen and oxygen atoms in total. The number of amides is 1. The fourth-order valence-electron chi connectivity index (χ4n) is 2.81. The molecule has 82 valence electrons. The SMILES string of the molecule is CCC1C(C)CC(C)(C(N)=O)CC1O. The second kappa shape index (κ2) is 3.89. The lowest BCUT2D eigenvalue weighted by Crippen LogP contribution is -2.46. The summed E-state index contributed by atoms with van der Waals surface area (Å²) in [6, 6.07) is 0. The second-order valence-electron chi connectivity index (χ2n) is 4.95. The van der Waals surface area contributed by atoms with E-state index in [4.69, 9.17) is 5.73 Å². The minimum Gasteiger partial charge on any atom is -0.393 e. The summed E-state index contributed by atoms with van der Waals surface area (Å²) in [6.45, 7) is 6.04. The van der Waals surface area contributed by atoms with Crippen molar-refractivity contribution < 1.29 is 9.90 Å². The average Bonchev–Trinajstić information content (AvgIpc) is 2.02. The maximum Gasteiger partial charge on any atom is 0.223 e. The second-order valence-corrected chi connectivity index (χ2v) is 4.95. The maximum absolute atomic E-state index is 11.3. The summed E-state index contributed by atoms with van der Waals surface area (Å²) < 4.78 is 0. The molecule has 4 atom stereocenters. The van der Waals surface area contributed by atoms with Crippen LogP contribution >= 0.6 is 0 Å². The van der Waals surface area contributed by atoms with E-state index in [1.807, 2.05) is 6.92 Å². The molecule has 1 fully saturated rings. The number of aliphatic hydroxyl groups is 1. The smallest absolute Gasteiger partial charge is 0.223 e. The molecule has 0 spiro atoms. The highest BCUT2D eigenvalue weighted by atomic mass is 16.3. The Bertz CT molecular complexity index is 215. The molecule has 3 N–H and O–H groups in total. The summed E-state index contributed by atoms with van der Waals surface area (Å²) in [4.78, 5) is 11.3. The van der Waals surface area contributed by atoms with Gasteiger partial charge in [0.05, 0.1) is 6.10 Å². The van der Waals surface area contributed by atoms with Crippen molar-refractivity contribution in [3.05, 3.63) is 0 Å². The lowest BCUT2D eigenvalue weighted by molar-refractivity contribution is -0.134. The quantitative estimate of drug-likeness (QED) is 0.704. The lowest BCUT2D eigenvalue weighted by atomic mass is 9.64. The van der Waals surface area contributed by atoms with Gasteiger partial charge in [-0.25, -0.2) is 0 Å². The fraction of sp³-hybridized carbons (Fsp3) is 0.909. The van der Waals surface area contributed by atoms with Crippen molar-refractivity contribution in [1.82, 2.24) is 0 Å². The molecule has 1 aliphatic rings. The third-order valence-corrected chi connectivity index (χ3v) is 3.72. The van der Waals surface area contributed by atoms with Crippen LogP contribution < -0.4 is 5.73 Å². The van der Waals surface area contributed by atoms with Crippen LogP contribution in [0.1, 0.15) is 40.0 Å². The number of carbonyl (C=O) groups excluding carboxylic acids is 1. The van der Waals surface area contributed by atoms with E-state index in [9.17, 15) is 9.90 Å². The Labute approximate surface area is 85.7 Å². The summed E-state index contributed by atoms with van der Waals surface area (Å²) in [5, 5.41) is 9.92. The molecule has 0 heterocycles. The Hall–Kier alpha value is -0.570. The molecule has 4 unspecified atom stereocenters. The zero-order valence-electron chi connectivity index (χ0n) is 9.29. The standard InChI is InChI=1S/C11H21NO2/c1-4-8-7(2)5-11(3,10(12)14)6-9(8)13/h7-9,13H,4-6H2,1-3H3,(H2,12,14). The highest BCUT2D eigenvalue weighted by Crippen LogP contribution is 2.43. The lowest BCUT2D eigenvalue weighted by Gasteiger charge is -2.42. The van der Waals surface area contributed by atoms with Crippen LogP contribution in [0, 0.1) is 17.3 Å². The molecule has 3 heteroatoms. The molecule has 0 bridgehead atoms. The number of rotatable bonds is 2. The van der Waals surface area contributed by atoms with Crippen LogP contribution in [-0.2, 0) is 4.79 Å². The molecule has 0 aromatic heterocycles. The Kier molecular flexibility index (Phi) is 3.20. The molecule has 1 aliphatic carbocycles. The van der Waals surface area contributed by atoms with Crippen LogP contribution in [0.5, 0.6) is 0 Å². The van der Waals surface area contributed by atoms with Gasteiger partial charge in [-0.2, -0.15) is 0 Å². The molecule has 0 aliphatic heterocycles. The first-order chi connectivity index (χ1) is 6.40. The number of aliphatic hydroxyl groups excluding tert-OH is 1. The maximum atomic E-state index is 11.3. The van der Waals surface area contributed by atoms with Gasteiger partial charge in [0.15, 0.2) is 0 Å². The Morgan fingerprint density at radius 1 is 1.57 bits per heavy atom. The first-order valence-corrected chi connectivity index (χ1v) is 5.38. The van der Waals surface area contributed by atoms with Crippen LogP contribution in [0.3, 0.4) is 0 Å². The van der Waals surface area contributed by atoms with Gasteiger partial charge < -0.3 is 10.8 Å². The minimum absolute atomic E-state index is 0.280. The van der Waals surface area contributed by atoms with E-state index in [2.05, 4.69) is 13.8 Å². The van der Waals surface area contributed by atoms with Gasteiger partial charge in [0, 0.05) is 5.41 Å². The molecule has 0 saturated heterocycles. The summed E-state index contributed by atoms with van der Waals surface area (Å²) in [7, 11) is 0. The van der Waals surface area contributed by atoms with Gasteiger partial charge in [0.2, 0.25) is 5.91 Å². The third-order valence-electron chi connectivity index (χ3n) is 3.72. The van der Waals surface area contributed by atoms with E-state index >= 15 is 0 Å². The van der Waals surface area contributed by atoms with Gasteiger partial charge in [-0.05, 0) is 24.7 Å². The molecule has 0 aromatic rings. The Balaban J connectivity index is 2.79. The third kappa shape index (κ3) is 1.92. The topological polar surface area (TPSA) is 63.3 Å². The number of hydrogen-bond donors (Lipinski definition) is 2. The van der Waals surface area contributed by atoms with Crippen molar-refractivity contribution in [2.75, 3.05) is 0 Å². The number of nitrogens with two attached hydrogens (primary N) is 1. The first-order valence-electron chi connectivity index (χ1n) is 5.38. The molecular weight excluding hydrogens is 178 g/mol. The monoisotopic (exact) mass is 199 g/mol. The molecule has 1 amide bonds. The zero-order valence-corrected chi connectivity index (χ0v) is 9.29. The van der Waals surface area contributed by atoms with Crippen molar-refractivity contribution in [2.24, 2.45) is 23.0 Å². The highest BCUT2D eigenvalue weighted by Gasteiger charge is 2.43. The zero-order chi connectivity index (χ0) is 10.9. The molecule has 14 heavy (non-hydrogen) atoms. The Morgan fingerprint density at radius 3 is 2.50 bits per heavy atom. The van der Waals surface area contributed by atoms with Gasteiger partial charge in [-0.3, -0.25) is 4.79 Å². The first kappa shape index (κ1) is 11.5. The number of primary amides is 1. The van der Waals surface area contributed by atoms with Crippen molar-refractivity contribution in [3.8, 4) is 0 Å². The normalized spacial score (nSPS) is 43.6. The number of hydrogen-bond acceptors (Lipinski definition) is 2. The van der Waals surface area contributed by atoms with Gasteiger partial charge in [0.25, 0.3) is 0 Å². The van der Waals surface area contributed by atoms with Crippen LogP contribution in [0.15, 0.2) is 0 Å². The predicted octanol–water partition coefficient (Wildman–Crippen LogP) is 1.29. The van der Waals surface area contributed by atoms with Gasteiger partial charge >= 0.3 is 0 Å². The Morgan fingerprint density at radius 2 is 2.14 bits per heavy atom. The molecular formula is C11H21NO2. The van der Waals surface area contributed by atoms with Crippen molar-refractivity contribution >= 4 is 5.91 Å². The van der Waals surface area contributed by atoms with E-state index in [-0.39, 0.29) is 12.0 Å². The minimum atomic E-state index is -0.509. The van der Waals surface area contributed by atoms with Crippen molar-refractivity contribution in [2.45, 2.75) is 46.1 Å². The molecule has 0 radical (unpaired) electrons. The molecule has 1 rings (SSSR count). The van der Waals surface area contributed by atoms with Gasteiger partial charge in [-0.1, -0.05) is 27.2 Å². The van der Waals surface area contributed by atoms with Crippen LogP contribution in [-0.4, -0.2) is 17.1 Å². The summed E-state index contributed by atoms with van der Waals surface area (Å²) in [6.07, 6.45) is 1.92.